The number of amides is 2. The average Bonchev–Trinajstić information content (AvgIpc) is 2.89. The molecule has 1 heterocycles. The van der Waals surface area contributed by atoms with Crippen LogP contribution in [-0.4, -0.2) is 24.5 Å². The van der Waals surface area contributed by atoms with Crippen molar-refractivity contribution in [1.82, 2.24) is 0 Å². The number of ether oxygens (including phenoxy) is 1. The Balaban J connectivity index is 1.71. The first-order chi connectivity index (χ1) is 12.1. The third-order valence-corrected chi connectivity index (χ3v) is 3.90. The maximum Gasteiger partial charge on any atom is 0.256 e. The van der Waals surface area contributed by atoms with E-state index in [-0.39, 0.29) is 24.1 Å². The van der Waals surface area contributed by atoms with Crippen LogP contribution in [0.3, 0.4) is 0 Å². The quantitative estimate of drug-likeness (QED) is 0.818. The van der Waals surface area contributed by atoms with E-state index in [1.807, 2.05) is 6.92 Å². The number of rotatable bonds is 6. The molecule has 3 rings (SSSR count). The molecule has 0 saturated carbocycles. The summed E-state index contributed by atoms with van der Waals surface area (Å²) in [5.41, 5.74) is 1.11. The maximum atomic E-state index is 13.0. The number of anilines is 2. The summed E-state index contributed by atoms with van der Waals surface area (Å²) in [6, 6.07) is 11.9. The molecular formula is C19H19FN2O3. The Morgan fingerprint density at radius 2 is 1.80 bits per heavy atom. The summed E-state index contributed by atoms with van der Waals surface area (Å²) in [5, 5.41) is 2.98. The van der Waals surface area contributed by atoms with Gasteiger partial charge in [0.2, 0.25) is 5.91 Å². The van der Waals surface area contributed by atoms with E-state index in [0.717, 1.165) is 6.42 Å². The minimum absolute atomic E-state index is 0.0598. The summed E-state index contributed by atoms with van der Waals surface area (Å²) in [6.07, 6.45) is 0.964. The number of hydrogen-bond donors (Lipinski definition) is 1. The summed E-state index contributed by atoms with van der Waals surface area (Å²) in [7, 11) is 0. The standard InChI is InChI=1S/C19H19FN2O3/c1-2-11-25-16-9-7-15(8-10-16)22-18(23)12-17(19(22)24)21-14-5-3-13(20)4-6-14/h3-10,17,21H,2,11-12H2,1H3/t17-/m1/s1. The lowest BCUT2D eigenvalue weighted by Gasteiger charge is -2.16. The lowest BCUT2D eigenvalue weighted by Crippen LogP contribution is -2.34. The third-order valence-electron chi connectivity index (χ3n) is 3.90. The fraction of sp³-hybridized carbons (Fsp3) is 0.263. The second kappa shape index (κ2) is 7.34. The summed E-state index contributed by atoms with van der Waals surface area (Å²) in [6.45, 7) is 2.63. The maximum absolute atomic E-state index is 13.0. The number of carbonyl (C=O) groups excluding carboxylic acids is 2. The highest BCUT2D eigenvalue weighted by atomic mass is 19.1. The first-order valence-corrected chi connectivity index (χ1v) is 8.20. The van der Waals surface area contributed by atoms with Gasteiger partial charge in [0, 0.05) is 5.69 Å². The largest absolute Gasteiger partial charge is 0.494 e. The van der Waals surface area contributed by atoms with Crippen LogP contribution in [0.2, 0.25) is 0 Å². The predicted octanol–water partition coefficient (Wildman–Crippen LogP) is 3.36. The number of nitrogens with one attached hydrogen (secondary N) is 1. The summed E-state index contributed by atoms with van der Waals surface area (Å²) in [5.74, 6) is -0.250. The van der Waals surface area contributed by atoms with E-state index < -0.39 is 6.04 Å². The molecule has 0 spiro atoms. The van der Waals surface area contributed by atoms with Gasteiger partial charge in [0.15, 0.2) is 0 Å². The SMILES string of the molecule is CCCOc1ccc(N2C(=O)C[C@@H](Nc3ccc(F)cc3)C2=O)cc1. The molecule has 5 nitrogen and oxygen atoms in total. The smallest absolute Gasteiger partial charge is 0.256 e. The van der Waals surface area contributed by atoms with Crippen molar-refractivity contribution in [3.05, 3.63) is 54.3 Å². The molecule has 0 aliphatic carbocycles. The van der Waals surface area contributed by atoms with E-state index in [0.29, 0.717) is 23.7 Å². The minimum atomic E-state index is -0.658. The van der Waals surface area contributed by atoms with Crippen molar-refractivity contribution in [2.75, 3.05) is 16.8 Å². The van der Waals surface area contributed by atoms with Crippen LogP contribution < -0.4 is 15.0 Å². The van der Waals surface area contributed by atoms with Crippen molar-refractivity contribution < 1.29 is 18.7 Å². The molecular weight excluding hydrogens is 323 g/mol. The Labute approximate surface area is 145 Å². The Bertz CT molecular complexity index is 759. The van der Waals surface area contributed by atoms with Crippen LogP contribution >= 0.6 is 0 Å². The van der Waals surface area contributed by atoms with E-state index in [9.17, 15) is 14.0 Å². The topological polar surface area (TPSA) is 58.6 Å². The van der Waals surface area contributed by atoms with E-state index in [1.54, 1.807) is 24.3 Å². The highest BCUT2D eigenvalue weighted by molar-refractivity contribution is 6.23. The molecule has 1 aliphatic rings. The molecule has 0 radical (unpaired) electrons. The van der Waals surface area contributed by atoms with Crippen molar-refractivity contribution in [2.24, 2.45) is 0 Å². The Hall–Kier alpha value is -2.89. The Morgan fingerprint density at radius 3 is 2.44 bits per heavy atom. The third kappa shape index (κ3) is 3.79. The van der Waals surface area contributed by atoms with Gasteiger partial charge in [-0.05, 0) is 55.0 Å². The van der Waals surface area contributed by atoms with Gasteiger partial charge in [-0.3, -0.25) is 9.59 Å². The fourth-order valence-electron chi connectivity index (χ4n) is 2.67. The predicted molar refractivity (Wildman–Crippen MR) is 93.1 cm³/mol. The van der Waals surface area contributed by atoms with Crippen LogP contribution in [0, 0.1) is 5.82 Å². The van der Waals surface area contributed by atoms with Crippen LogP contribution in [-0.2, 0) is 9.59 Å². The average molecular weight is 342 g/mol. The number of nitrogens with zero attached hydrogens (tertiary/aromatic N) is 1. The molecule has 0 unspecified atom stereocenters. The Morgan fingerprint density at radius 1 is 1.12 bits per heavy atom. The van der Waals surface area contributed by atoms with Crippen LogP contribution in [0.5, 0.6) is 5.75 Å². The van der Waals surface area contributed by atoms with Gasteiger partial charge in [-0.2, -0.15) is 0 Å². The zero-order valence-electron chi connectivity index (χ0n) is 13.9. The molecule has 25 heavy (non-hydrogen) atoms. The van der Waals surface area contributed by atoms with E-state index in [2.05, 4.69) is 5.32 Å². The zero-order chi connectivity index (χ0) is 17.8. The van der Waals surface area contributed by atoms with Crippen molar-refractivity contribution in [1.29, 1.82) is 0 Å². The van der Waals surface area contributed by atoms with Gasteiger partial charge in [0.05, 0.1) is 18.7 Å². The van der Waals surface area contributed by atoms with Gasteiger partial charge in [-0.15, -0.1) is 0 Å². The molecule has 2 amide bonds. The number of hydrogen-bond acceptors (Lipinski definition) is 4. The van der Waals surface area contributed by atoms with Gasteiger partial charge in [0.1, 0.15) is 17.6 Å². The molecule has 1 atom stereocenters. The van der Waals surface area contributed by atoms with E-state index in [4.69, 9.17) is 4.74 Å². The van der Waals surface area contributed by atoms with Gasteiger partial charge in [-0.25, -0.2) is 9.29 Å². The molecule has 1 aliphatic heterocycles. The van der Waals surface area contributed by atoms with Crippen molar-refractivity contribution in [3.63, 3.8) is 0 Å². The lowest BCUT2D eigenvalue weighted by atomic mass is 10.2. The number of benzene rings is 2. The normalized spacial score (nSPS) is 17.0. The van der Waals surface area contributed by atoms with Gasteiger partial charge < -0.3 is 10.1 Å². The van der Waals surface area contributed by atoms with Crippen LogP contribution in [0.15, 0.2) is 48.5 Å². The molecule has 2 aromatic rings. The van der Waals surface area contributed by atoms with Crippen molar-refractivity contribution >= 4 is 23.2 Å². The van der Waals surface area contributed by atoms with Crippen LogP contribution in [0.25, 0.3) is 0 Å². The minimum Gasteiger partial charge on any atom is -0.494 e. The Kier molecular flexibility index (Phi) is 4.97. The van der Waals surface area contributed by atoms with Crippen molar-refractivity contribution in [3.8, 4) is 5.75 Å². The fourth-order valence-corrected chi connectivity index (χ4v) is 2.67. The number of imide groups is 1. The summed E-state index contributed by atoms with van der Waals surface area (Å²) in [4.78, 5) is 26.0. The molecule has 1 N–H and O–H groups in total. The van der Waals surface area contributed by atoms with Gasteiger partial charge in [0.25, 0.3) is 5.91 Å². The van der Waals surface area contributed by atoms with Crippen LogP contribution in [0.1, 0.15) is 19.8 Å². The molecule has 0 aromatic heterocycles. The lowest BCUT2D eigenvalue weighted by molar-refractivity contribution is -0.121. The molecule has 1 saturated heterocycles. The van der Waals surface area contributed by atoms with E-state index in [1.165, 1.54) is 29.2 Å². The number of halogens is 1. The summed E-state index contributed by atoms with van der Waals surface area (Å²) >= 11 is 0. The molecule has 1 fully saturated rings. The second-order valence-electron chi connectivity index (χ2n) is 5.82. The number of carbonyl (C=O) groups is 2. The monoisotopic (exact) mass is 342 g/mol. The van der Waals surface area contributed by atoms with Crippen molar-refractivity contribution in [2.45, 2.75) is 25.8 Å². The molecule has 0 bridgehead atoms. The zero-order valence-corrected chi connectivity index (χ0v) is 13.9. The molecule has 6 heteroatoms. The van der Waals surface area contributed by atoms with Gasteiger partial charge >= 0.3 is 0 Å². The first kappa shape index (κ1) is 17.0. The second-order valence-corrected chi connectivity index (χ2v) is 5.82. The van der Waals surface area contributed by atoms with E-state index >= 15 is 0 Å². The summed E-state index contributed by atoms with van der Waals surface area (Å²) < 4.78 is 18.5. The highest BCUT2D eigenvalue weighted by Gasteiger charge is 2.39. The van der Waals surface area contributed by atoms with Crippen LogP contribution in [0.4, 0.5) is 15.8 Å². The first-order valence-electron chi connectivity index (χ1n) is 8.20. The highest BCUT2D eigenvalue weighted by Crippen LogP contribution is 2.26. The molecule has 130 valence electrons. The van der Waals surface area contributed by atoms with Gasteiger partial charge in [-0.1, -0.05) is 6.92 Å². The molecule has 2 aromatic carbocycles.